The molecular formula is C31H26F2N2O3. The second kappa shape index (κ2) is 9.68. The van der Waals surface area contributed by atoms with Crippen molar-refractivity contribution >= 4 is 11.9 Å². The molecule has 2 bridgehead atoms. The molecule has 2 saturated heterocycles. The van der Waals surface area contributed by atoms with Crippen LogP contribution >= 0.6 is 0 Å². The van der Waals surface area contributed by atoms with Gasteiger partial charge < -0.3 is 9.64 Å². The molecule has 0 aromatic heterocycles. The zero-order valence-electron chi connectivity index (χ0n) is 20.7. The van der Waals surface area contributed by atoms with Crippen LogP contribution in [0.25, 0.3) is 11.1 Å². The third kappa shape index (κ3) is 4.05. The third-order valence-electron chi connectivity index (χ3n) is 8.33. The number of halogens is 2. The molecule has 192 valence electrons. The molecule has 0 N–H and O–H groups in total. The number of hydrogen-bond donors (Lipinski definition) is 0. The van der Waals surface area contributed by atoms with Gasteiger partial charge in [0.25, 0.3) is 0 Å². The molecule has 7 heteroatoms. The summed E-state index contributed by atoms with van der Waals surface area (Å²) in [5, 5.41) is 8.93. The summed E-state index contributed by atoms with van der Waals surface area (Å²) in [6, 6.07) is 19.1. The van der Waals surface area contributed by atoms with Gasteiger partial charge in [-0.2, -0.15) is 5.26 Å². The molecular weight excluding hydrogens is 486 g/mol. The summed E-state index contributed by atoms with van der Waals surface area (Å²) >= 11 is 0. The first-order valence-corrected chi connectivity index (χ1v) is 13.0. The van der Waals surface area contributed by atoms with Gasteiger partial charge in [0.15, 0.2) is 5.78 Å². The van der Waals surface area contributed by atoms with Crippen LogP contribution in [-0.4, -0.2) is 35.5 Å². The van der Waals surface area contributed by atoms with E-state index < -0.39 is 28.9 Å². The van der Waals surface area contributed by atoms with Gasteiger partial charge >= 0.3 is 6.09 Å². The summed E-state index contributed by atoms with van der Waals surface area (Å²) in [5.74, 6) is -2.84. The van der Waals surface area contributed by atoms with E-state index in [1.54, 1.807) is 11.0 Å². The first-order chi connectivity index (χ1) is 18.5. The molecule has 38 heavy (non-hydrogen) atoms. The van der Waals surface area contributed by atoms with Crippen molar-refractivity contribution < 1.29 is 23.1 Å². The van der Waals surface area contributed by atoms with Crippen molar-refractivity contribution in [2.45, 2.75) is 50.1 Å². The average molecular weight is 513 g/mol. The number of ketones is 1. The van der Waals surface area contributed by atoms with Crippen LogP contribution in [0.1, 0.15) is 65.1 Å². The molecule has 6 rings (SSSR count). The SMILES string of the molecule is N#Cc1cc(F)c(C(=O)C2CC3CCCC(C2)N3C(=O)OCC2c3ccccc3-c3ccccc32)cc1F. The molecule has 2 atom stereocenters. The van der Waals surface area contributed by atoms with Crippen LogP contribution in [0.15, 0.2) is 60.7 Å². The molecule has 0 radical (unpaired) electrons. The summed E-state index contributed by atoms with van der Waals surface area (Å²) in [5.41, 5.74) is 3.84. The van der Waals surface area contributed by atoms with Crippen molar-refractivity contribution in [2.24, 2.45) is 5.92 Å². The average Bonchev–Trinajstić information content (AvgIpc) is 3.25. The number of nitrogens with zero attached hydrogens (tertiary/aromatic N) is 2. The van der Waals surface area contributed by atoms with E-state index in [2.05, 4.69) is 24.3 Å². The van der Waals surface area contributed by atoms with Crippen LogP contribution in [0.3, 0.4) is 0 Å². The van der Waals surface area contributed by atoms with Crippen molar-refractivity contribution in [3.63, 3.8) is 0 Å². The Morgan fingerprint density at radius 1 is 0.921 bits per heavy atom. The van der Waals surface area contributed by atoms with Crippen molar-refractivity contribution in [2.75, 3.05) is 6.61 Å². The molecule has 2 aliphatic heterocycles. The highest BCUT2D eigenvalue weighted by molar-refractivity contribution is 5.98. The van der Waals surface area contributed by atoms with Crippen LogP contribution in [0, 0.1) is 28.9 Å². The first-order valence-electron chi connectivity index (χ1n) is 13.0. The molecule has 1 aliphatic carbocycles. The Kier molecular flexibility index (Phi) is 6.19. The monoisotopic (exact) mass is 512 g/mol. The van der Waals surface area contributed by atoms with Gasteiger partial charge in [-0.15, -0.1) is 0 Å². The molecule has 3 aromatic carbocycles. The zero-order valence-corrected chi connectivity index (χ0v) is 20.7. The van der Waals surface area contributed by atoms with Gasteiger partial charge in [-0.3, -0.25) is 4.79 Å². The van der Waals surface area contributed by atoms with E-state index in [4.69, 9.17) is 10.00 Å². The Labute approximate surface area is 219 Å². The second-order valence-corrected chi connectivity index (χ2v) is 10.4. The lowest BCUT2D eigenvalue weighted by Gasteiger charge is -2.47. The lowest BCUT2D eigenvalue weighted by Crippen LogP contribution is -2.56. The molecule has 3 aliphatic rings. The minimum absolute atomic E-state index is 0.0421. The van der Waals surface area contributed by atoms with E-state index >= 15 is 0 Å². The Hall–Kier alpha value is -4.05. The largest absolute Gasteiger partial charge is 0.448 e. The van der Waals surface area contributed by atoms with Crippen LogP contribution in [0.4, 0.5) is 13.6 Å². The predicted octanol–water partition coefficient (Wildman–Crippen LogP) is 6.60. The minimum atomic E-state index is -0.909. The summed E-state index contributed by atoms with van der Waals surface area (Å²) in [4.78, 5) is 28.3. The molecule has 0 spiro atoms. The normalized spacial score (nSPS) is 21.8. The van der Waals surface area contributed by atoms with E-state index in [1.807, 2.05) is 24.3 Å². The van der Waals surface area contributed by atoms with Crippen molar-refractivity contribution in [3.05, 3.63) is 94.6 Å². The summed E-state index contributed by atoms with van der Waals surface area (Å²) in [6.07, 6.45) is 2.76. The Bertz CT molecular complexity index is 1420. The number of ether oxygens (including phenoxy) is 1. The number of fused-ring (bicyclic) bond motifs is 5. The number of carbonyl (C=O) groups excluding carboxylic acids is 2. The van der Waals surface area contributed by atoms with Gasteiger partial charge in [0.05, 0.1) is 11.1 Å². The van der Waals surface area contributed by atoms with E-state index in [-0.39, 0.29) is 36.3 Å². The van der Waals surface area contributed by atoms with Crippen molar-refractivity contribution in [1.82, 2.24) is 4.90 Å². The molecule has 3 aromatic rings. The van der Waals surface area contributed by atoms with Gasteiger partial charge in [0, 0.05) is 23.9 Å². The number of rotatable bonds is 4. The fraction of sp³-hybridized carbons (Fsp3) is 0.323. The highest BCUT2D eigenvalue weighted by Crippen LogP contribution is 2.45. The zero-order chi connectivity index (χ0) is 26.4. The van der Waals surface area contributed by atoms with Gasteiger partial charge in [-0.05, 0) is 66.5 Å². The third-order valence-corrected chi connectivity index (χ3v) is 8.33. The van der Waals surface area contributed by atoms with E-state index in [9.17, 15) is 18.4 Å². The number of nitriles is 1. The number of piperidine rings is 2. The summed E-state index contributed by atoms with van der Waals surface area (Å²) in [7, 11) is 0. The molecule has 1 amide bonds. The number of benzene rings is 3. The van der Waals surface area contributed by atoms with E-state index in [1.165, 1.54) is 0 Å². The first kappa shape index (κ1) is 24.3. The topological polar surface area (TPSA) is 70.4 Å². The second-order valence-electron chi connectivity index (χ2n) is 10.4. The maximum Gasteiger partial charge on any atom is 0.410 e. The van der Waals surface area contributed by atoms with Crippen LogP contribution in [0.2, 0.25) is 0 Å². The molecule has 5 nitrogen and oxygen atoms in total. The van der Waals surface area contributed by atoms with E-state index in [0.717, 1.165) is 53.6 Å². The van der Waals surface area contributed by atoms with E-state index in [0.29, 0.717) is 12.8 Å². The quantitative estimate of drug-likeness (QED) is 0.369. The van der Waals surface area contributed by atoms with Crippen LogP contribution in [0.5, 0.6) is 0 Å². The number of hydrogen-bond acceptors (Lipinski definition) is 4. The maximum atomic E-state index is 14.6. The molecule has 2 fully saturated rings. The predicted molar refractivity (Wildman–Crippen MR) is 136 cm³/mol. The van der Waals surface area contributed by atoms with Crippen molar-refractivity contribution in [1.29, 1.82) is 5.26 Å². The lowest BCUT2D eigenvalue weighted by molar-refractivity contribution is 0.00641. The Morgan fingerprint density at radius 3 is 2.13 bits per heavy atom. The van der Waals surface area contributed by atoms with Crippen LogP contribution < -0.4 is 0 Å². The maximum absolute atomic E-state index is 14.6. The molecule has 2 heterocycles. The van der Waals surface area contributed by atoms with Gasteiger partial charge in [-0.25, -0.2) is 13.6 Å². The Morgan fingerprint density at radius 2 is 1.53 bits per heavy atom. The number of amides is 1. The number of Topliss-reactive ketones (excluding diaryl/α,β-unsaturated/α-hetero) is 1. The van der Waals surface area contributed by atoms with Gasteiger partial charge in [0.1, 0.15) is 24.3 Å². The number of carbonyl (C=O) groups is 2. The van der Waals surface area contributed by atoms with Gasteiger partial charge in [0.2, 0.25) is 0 Å². The van der Waals surface area contributed by atoms with Crippen molar-refractivity contribution in [3.8, 4) is 17.2 Å². The van der Waals surface area contributed by atoms with Gasteiger partial charge in [-0.1, -0.05) is 48.5 Å². The Balaban J connectivity index is 1.17. The highest BCUT2D eigenvalue weighted by Gasteiger charge is 2.44. The summed E-state index contributed by atoms with van der Waals surface area (Å²) in [6.45, 7) is 0.223. The standard InChI is InChI=1S/C31H26F2N2O3/c32-28-15-26(29(33)14-19(28)16-34)30(36)18-12-20-6-5-7-21(13-18)35(20)31(37)38-17-27-24-10-3-1-8-22(24)23-9-2-4-11-25(23)27/h1-4,8-11,14-15,18,20-21,27H,5-7,12-13,17H2. The van der Waals surface area contributed by atoms with Crippen LogP contribution in [-0.2, 0) is 4.74 Å². The lowest BCUT2D eigenvalue weighted by atomic mass is 9.75. The fourth-order valence-corrected chi connectivity index (χ4v) is 6.60. The molecule has 2 unspecified atom stereocenters. The minimum Gasteiger partial charge on any atom is -0.448 e. The summed E-state index contributed by atoms with van der Waals surface area (Å²) < 4.78 is 34.6. The molecule has 0 saturated carbocycles. The highest BCUT2D eigenvalue weighted by atomic mass is 19.1. The smallest absolute Gasteiger partial charge is 0.410 e. The fourth-order valence-electron chi connectivity index (χ4n) is 6.60.